The number of amides is 1. The van der Waals surface area contributed by atoms with E-state index in [0.29, 0.717) is 19.1 Å². The fourth-order valence-electron chi connectivity index (χ4n) is 2.75. The van der Waals surface area contributed by atoms with Crippen LogP contribution in [0.4, 0.5) is 0 Å². The smallest absolute Gasteiger partial charge is 0.230 e. The zero-order valence-electron chi connectivity index (χ0n) is 13.1. The van der Waals surface area contributed by atoms with E-state index in [2.05, 4.69) is 21.2 Å². The van der Waals surface area contributed by atoms with Crippen LogP contribution in [0.5, 0.6) is 0 Å². The van der Waals surface area contributed by atoms with Gasteiger partial charge in [0.15, 0.2) is 0 Å². The van der Waals surface area contributed by atoms with Crippen LogP contribution in [0.3, 0.4) is 0 Å². The monoisotopic (exact) mass is 369 g/mol. The molecule has 122 valence electrons. The molecule has 1 aliphatic rings. The van der Waals surface area contributed by atoms with Gasteiger partial charge in [-0.2, -0.15) is 0 Å². The lowest BCUT2D eigenvalue weighted by molar-refractivity contribution is -0.126. The average Bonchev–Trinajstić information content (AvgIpc) is 3.02. The van der Waals surface area contributed by atoms with E-state index < -0.39 is 5.41 Å². The highest BCUT2D eigenvalue weighted by Gasteiger charge is 2.31. The van der Waals surface area contributed by atoms with Crippen LogP contribution in [0, 0.1) is 11.8 Å². The summed E-state index contributed by atoms with van der Waals surface area (Å²) in [6, 6.07) is 7.80. The van der Waals surface area contributed by atoms with Gasteiger partial charge >= 0.3 is 0 Å². The summed E-state index contributed by atoms with van der Waals surface area (Å²) in [7, 11) is 0. The molecule has 22 heavy (non-hydrogen) atoms. The molecule has 4 nitrogen and oxygen atoms in total. The van der Waals surface area contributed by atoms with E-state index in [0.717, 1.165) is 23.1 Å². The van der Waals surface area contributed by atoms with Gasteiger partial charge in [0.2, 0.25) is 5.91 Å². The summed E-state index contributed by atoms with van der Waals surface area (Å²) in [5.74, 6) is 0.375. The van der Waals surface area contributed by atoms with Crippen LogP contribution in [-0.2, 0) is 14.9 Å². The van der Waals surface area contributed by atoms with Crippen LogP contribution in [0.1, 0.15) is 25.8 Å². The van der Waals surface area contributed by atoms with Crippen LogP contribution >= 0.6 is 15.9 Å². The van der Waals surface area contributed by atoms with Crippen molar-refractivity contribution in [1.29, 1.82) is 0 Å². The van der Waals surface area contributed by atoms with Crippen LogP contribution in [0.15, 0.2) is 28.7 Å². The zero-order chi connectivity index (χ0) is 16.2. The molecule has 2 unspecified atom stereocenters. The Hall–Kier alpha value is -0.910. The summed E-state index contributed by atoms with van der Waals surface area (Å²) < 4.78 is 6.36. The van der Waals surface area contributed by atoms with Crippen LogP contribution in [0.25, 0.3) is 0 Å². The van der Waals surface area contributed by atoms with Crippen LogP contribution in [-0.4, -0.2) is 37.4 Å². The van der Waals surface area contributed by atoms with Crippen molar-refractivity contribution < 1.29 is 14.6 Å². The van der Waals surface area contributed by atoms with Crippen molar-refractivity contribution in [2.24, 2.45) is 11.8 Å². The third-order valence-electron chi connectivity index (χ3n) is 4.52. The first-order valence-corrected chi connectivity index (χ1v) is 8.47. The molecule has 0 radical (unpaired) electrons. The molecule has 1 heterocycles. The molecule has 0 saturated carbocycles. The lowest BCUT2D eigenvalue weighted by Gasteiger charge is -2.27. The number of rotatable bonds is 6. The molecule has 0 aromatic heterocycles. The number of aliphatic hydroxyl groups excluding tert-OH is 1. The molecule has 2 rings (SSSR count). The first-order chi connectivity index (χ1) is 10.4. The van der Waals surface area contributed by atoms with E-state index in [-0.39, 0.29) is 18.4 Å². The Morgan fingerprint density at radius 2 is 2.14 bits per heavy atom. The normalized spacial score (nSPS) is 19.9. The second-order valence-electron chi connectivity index (χ2n) is 6.41. The first-order valence-electron chi connectivity index (χ1n) is 7.68. The number of carbonyl (C=O) groups is 1. The number of hydrogen-bond acceptors (Lipinski definition) is 3. The molecule has 1 fully saturated rings. The minimum absolute atomic E-state index is 0.0211. The molecule has 1 aromatic carbocycles. The largest absolute Gasteiger partial charge is 0.396 e. The van der Waals surface area contributed by atoms with Crippen molar-refractivity contribution >= 4 is 21.8 Å². The Labute approximate surface area is 140 Å². The van der Waals surface area contributed by atoms with Gasteiger partial charge in [-0.15, -0.1) is 0 Å². The molecule has 1 aromatic rings. The number of nitrogens with one attached hydrogen (secondary N) is 1. The summed E-state index contributed by atoms with van der Waals surface area (Å²) >= 11 is 3.41. The number of aliphatic hydroxyl groups is 1. The standard InChI is InChI=1S/C17H24BrNO3/c1-17(2,14-3-5-15(18)6-4-14)16(21)19-9-13(10-20)12-7-8-22-11-12/h3-6,12-13,20H,7-11H2,1-2H3,(H,19,21). The summed E-state index contributed by atoms with van der Waals surface area (Å²) in [5.41, 5.74) is 0.366. The molecular weight excluding hydrogens is 346 g/mol. The number of benzene rings is 1. The Kier molecular flexibility index (Phi) is 6.01. The van der Waals surface area contributed by atoms with E-state index in [1.165, 1.54) is 0 Å². The summed E-state index contributed by atoms with van der Waals surface area (Å²) in [6.45, 7) is 5.82. The van der Waals surface area contributed by atoms with E-state index in [1.54, 1.807) is 0 Å². The maximum absolute atomic E-state index is 12.5. The predicted octanol–water partition coefficient (Wildman–Crippen LogP) is 2.49. The van der Waals surface area contributed by atoms with Gasteiger partial charge in [-0.3, -0.25) is 4.79 Å². The Bertz CT molecular complexity index is 495. The molecular formula is C17H24BrNO3. The first kappa shape index (κ1) is 17.4. The fraction of sp³-hybridized carbons (Fsp3) is 0.588. The Morgan fingerprint density at radius 3 is 2.68 bits per heavy atom. The molecule has 1 saturated heterocycles. The van der Waals surface area contributed by atoms with E-state index >= 15 is 0 Å². The van der Waals surface area contributed by atoms with E-state index in [9.17, 15) is 9.90 Å². The molecule has 1 aliphatic heterocycles. The molecule has 0 bridgehead atoms. The summed E-state index contributed by atoms with van der Waals surface area (Å²) in [5, 5.41) is 12.5. The average molecular weight is 370 g/mol. The second kappa shape index (κ2) is 7.57. The second-order valence-corrected chi connectivity index (χ2v) is 7.32. The van der Waals surface area contributed by atoms with Crippen molar-refractivity contribution in [3.05, 3.63) is 34.3 Å². The third kappa shape index (κ3) is 4.09. The lowest BCUT2D eigenvalue weighted by Crippen LogP contribution is -2.43. The van der Waals surface area contributed by atoms with Gasteiger partial charge in [0, 0.05) is 36.8 Å². The highest BCUT2D eigenvalue weighted by atomic mass is 79.9. The van der Waals surface area contributed by atoms with Crippen molar-refractivity contribution in [1.82, 2.24) is 5.32 Å². The third-order valence-corrected chi connectivity index (χ3v) is 5.05. The molecule has 0 aliphatic carbocycles. The minimum Gasteiger partial charge on any atom is -0.396 e. The molecule has 5 heteroatoms. The van der Waals surface area contributed by atoms with Crippen molar-refractivity contribution in [2.75, 3.05) is 26.4 Å². The van der Waals surface area contributed by atoms with Crippen molar-refractivity contribution in [3.63, 3.8) is 0 Å². The molecule has 2 N–H and O–H groups in total. The highest BCUT2D eigenvalue weighted by molar-refractivity contribution is 9.10. The van der Waals surface area contributed by atoms with Gasteiger partial charge in [0.1, 0.15) is 0 Å². The fourth-order valence-corrected chi connectivity index (χ4v) is 3.01. The van der Waals surface area contributed by atoms with Gasteiger partial charge in [0.25, 0.3) is 0 Å². The van der Waals surface area contributed by atoms with Gasteiger partial charge in [-0.05, 0) is 43.9 Å². The quantitative estimate of drug-likeness (QED) is 0.809. The van der Waals surface area contributed by atoms with Crippen LogP contribution < -0.4 is 5.32 Å². The Balaban J connectivity index is 1.96. The number of halogens is 1. The highest BCUT2D eigenvalue weighted by Crippen LogP contribution is 2.26. The number of hydrogen-bond donors (Lipinski definition) is 2. The number of carbonyl (C=O) groups excluding carboxylic acids is 1. The molecule has 0 spiro atoms. The van der Waals surface area contributed by atoms with Gasteiger partial charge in [-0.25, -0.2) is 0 Å². The maximum atomic E-state index is 12.5. The van der Waals surface area contributed by atoms with Crippen molar-refractivity contribution in [3.8, 4) is 0 Å². The lowest BCUT2D eigenvalue weighted by atomic mass is 9.83. The SMILES string of the molecule is CC(C)(C(=O)NCC(CO)C1CCOC1)c1ccc(Br)cc1. The van der Waals surface area contributed by atoms with Gasteiger partial charge in [-0.1, -0.05) is 28.1 Å². The minimum atomic E-state index is -0.604. The molecule has 1 amide bonds. The van der Waals surface area contributed by atoms with Crippen molar-refractivity contribution in [2.45, 2.75) is 25.7 Å². The predicted molar refractivity (Wildman–Crippen MR) is 89.7 cm³/mol. The Morgan fingerprint density at radius 1 is 1.45 bits per heavy atom. The summed E-state index contributed by atoms with van der Waals surface area (Å²) in [6.07, 6.45) is 0.956. The maximum Gasteiger partial charge on any atom is 0.230 e. The topological polar surface area (TPSA) is 58.6 Å². The molecule has 2 atom stereocenters. The van der Waals surface area contributed by atoms with E-state index in [4.69, 9.17) is 4.74 Å². The number of ether oxygens (including phenoxy) is 1. The zero-order valence-corrected chi connectivity index (χ0v) is 14.7. The van der Waals surface area contributed by atoms with Gasteiger partial charge in [0.05, 0.1) is 5.41 Å². The van der Waals surface area contributed by atoms with Crippen LogP contribution in [0.2, 0.25) is 0 Å². The van der Waals surface area contributed by atoms with Gasteiger partial charge < -0.3 is 15.2 Å². The summed E-state index contributed by atoms with van der Waals surface area (Å²) in [4.78, 5) is 12.5. The van der Waals surface area contributed by atoms with E-state index in [1.807, 2.05) is 38.1 Å².